The van der Waals surface area contributed by atoms with E-state index in [-0.39, 0.29) is 5.91 Å². The highest BCUT2D eigenvalue weighted by atomic mass is 32.2. The maximum absolute atomic E-state index is 13.0. The van der Waals surface area contributed by atoms with Gasteiger partial charge in [-0.3, -0.25) is 4.79 Å². The lowest BCUT2D eigenvalue weighted by Crippen LogP contribution is -2.23. The number of amides is 1. The molecule has 0 unspecified atom stereocenters. The lowest BCUT2D eigenvalue weighted by atomic mass is 10.1. The second-order valence-corrected chi connectivity index (χ2v) is 9.01. The van der Waals surface area contributed by atoms with Gasteiger partial charge in [0.05, 0.1) is 4.21 Å². The van der Waals surface area contributed by atoms with Crippen LogP contribution < -0.4 is 5.32 Å². The van der Waals surface area contributed by atoms with Crippen LogP contribution >= 0.6 is 23.1 Å². The third kappa shape index (κ3) is 4.26. The minimum absolute atomic E-state index is 0.228. The Kier molecular flexibility index (Phi) is 5.56. The molecular formula is C23H18N4O2S2. The summed E-state index contributed by atoms with van der Waals surface area (Å²) in [4.78, 5) is 17.4. The highest BCUT2D eigenvalue weighted by Crippen LogP contribution is 2.33. The Hall–Kier alpha value is -3.36. The van der Waals surface area contributed by atoms with Crippen LogP contribution in [0, 0.1) is 0 Å². The first-order valence-electron chi connectivity index (χ1n) is 9.68. The Labute approximate surface area is 186 Å². The quantitative estimate of drug-likeness (QED) is 0.344. The number of aromatic nitrogens is 3. The zero-order chi connectivity index (χ0) is 21.0. The molecule has 4 aromatic heterocycles. The molecule has 31 heavy (non-hydrogen) atoms. The Morgan fingerprint density at radius 3 is 2.84 bits per heavy atom. The first-order chi connectivity index (χ1) is 15.3. The van der Waals surface area contributed by atoms with E-state index in [1.165, 1.54) is 4.21 Å². The van der Waals surface area contributed by atoms with Gasteiger partial charge in [-0.25, -0.2) is 9.67 Å². The van der Waals surface area contributed by atoms with E-state index in [4.69, 9.17) is 4.42 Å². The molecule has 6 nitrogen and oxygen atoms in total. The van der Waals surface area contributed by atoms with Gasteiger partial charge in [0.2, 0.25) is 0 Å². The molecule has 0 spiro atoms. The fourth-order valence-electron chi connectivity index (χ4n) is 3.24. The molecule has 4 heterocycles. The summed E-state index contributed by atoms with van der Waals surface area (Å²) < 4.78 is 8.84. The van der Waals surface area contributed by atoms with E-state index in [1.807, 2.05) is 54.7 Å². The number of carbonyl (C=O) groups excluding carboxylic acids is 1. The summed E-state index contributed by atoms with van der Waals surface area (Å²) >= 11 is 3.40. The van der Waals surface area contributed by atoms with E-state index in [2.05, 4.69) is 26.8 Å². The predicted octanol–water partition coefficient (Wildman–Crippen LogP) is 5.30. The third-order valence-corrected chi connectivity index (χ3v) is 6.92. The van der Waals surface area contributed by atoms with Crippen LogP contribution in [-0.4, -0.2) is 20.7 Å². The Morgan fingerprint density at radius 2 is 2.06 bits per heavy atom. The monoisotopic (exact) mass is 446 g/mol. The molecule has 0 bridgehead atoms. The highest BCUT2D eigenvalue weighted by Gasteiger charge is 2.20. The standard InChI is InChI=1S/C23H18N4O2S2/c28-23(25-14-16-8-9-20(24-13-16)27-11-4-10-26-27)22-18(15-31-21-7-3-12-30-21)17-5-1-2-6-19(17)29-22/h1-13H,14-15H2,(H,25,28). The lowest BCUT2D eigenvalue weighted by molar-refractivity contribution is 0.0924. The summed E-state index contributed by atoms with van der Waals surface area (Å²) in [6.07, 6.45) is 5.28. The number of furan rings is 1. The number of hydrogen-bond donors (Lipinski definition) is 1. The molecule has 0 aliphatic rings. The SMILES string of the molecule is O=C(NCc1ccc(-n2cccn2)nc1)c1oc2ccccc2c1CSc1cccs1. The van der Waals surface area contributed by atoms with E-state index >= 15 is 0 Å². The Balaban J connectivity index is 1.32. The number of carbonyl (C=O) groups is 1. The first kappa shape index (κ1) is 19.6. The predicted molar refractivity (Wildman–Crippen MR) is 123 cm³/mol. The number of rotatable bonds is 7. The van der Waals surface area contributed by atoms with Crippen LogP contribution in [0.3, 0.4) is 0 Å². The highest BCUT2D eigenvalue weighted by molar-refractivity contribution is 8.00. The van der Waals surface area contributed by atoms with Gasteiger partial charge in [0.15, 0.2) is 11.6 Å². The van der Waals surface area contributed by atoms with Gasteiger partial charge in [-0.1, -0.05) is 30.3 Å². The molecule has 154 valence electrons. The van der Waals surface area contributed by atoms with Gasteiger partial charge in [0.25, 0.3) is 5.91 Å². The van der Waals surface area contributed by atoms with Crippen LogP contribution in [-0.2, 0) is 12.3 Å². The molecule has 5 rings (SSSR count). The minimum Gasteiger partial charge on any atom is -0.451 e. The van der Waals surface area contributed by atoms with Gasteiger partial charge in [-0.2, -0.15) is 5.10 Å². The van der Waals surface area contributed by atoms with Crippen molar-refractivity contribution in [1.82, 2.24) is 20.1 Å². The second-order valence-electron chi connectivity index (χ2n) is 6.78. The van der Waals surface area contributed by atoms with E-state index in [0.29, 0.717) is 18.1 Å². The number of nitrogens with zero attached hydrogens (tertiary/aromatic N) is 3. The topological polar surface area (TPSA) is 73.0 Å². The molecule has 0 aliphatic carbocycles. The largest absolute Gasteiger partial charge is 0.451 e. The maximum atomic E-state index is 13.0. The molecule has 0 saturated carbocycles. The van der Waals surface area contributed by atoms with Crippen molar-refractivity contribution >= 4 is 40.0 Å². The molecule has 1 N–H and O–H groups in total. The average Bonchev–Trinajstić information content (AvgIpc) is 3.57. The van der Waals surface area contributed by atoms with Gasteiger partial charge >= 0.3 is 0 Å². The van der Waals surface area contributed by atoms with Crippen molar-refractivity contribution in [2.45, 2.75) is 16.5 Å². The number of thiophene rings is 1. The van der Waals surface area contributed by atoms with Crippen LogP contribution in [0.1, 0.15) is 21.7 Å². The summed E-state index contributed by atoms with van der Waals surface area (Å²) in [7, 11) is 0. The van der Waals surface area contributed by atoms with E-state index in [0.717, 1.165) is 27.9 Å². The van der Waals surface area contributed by atoms with Crippen LogP contribution in [0.5, 0.6) is 0 Å². The Morgan fingerprint density at radius 1 is 1.13 bits per heavy atom. The number of fused-ring (bicyclic) bond motifs is 1. The zero-order valence-electron chi connectivity index (χ0n) is 16.4. The van der Waals surface area contributed by atoms with Gasteiger partial charge in [0.1, 0.15) is 5.58 Å². The number of para-hydroxylation sites is 1. The van der Waals surface area contributed by atoms with Gasteiger partial charge in [-0.15, -0.1) is 23.1 Å². The molecule has 5 aromatic rings. The van der Waals surface area contributed by atoms with Gasteiger partial charge < -0.3 is 9.73 Å². The van der Waals surface area contributed by atoms with Gasteiger partial charge in [0, 0.05) is 41.8 Å². The number of thioether (sulfide) groups is 1. The fourth-order valence-corrected chi connectivity index (χ4v) is 5.05. The van der Waals surface area contributed by atoms with Crippen molar-refractivity contribution in [3.8, 4) is 5.82 Å². The minimum atomic E-state index is -0.228. The van der Waals surface area contributed by atoms with Crippen LogP contribution in [0.4, 0.5) is 0 Å². The molecule has 0 atom stereocenters. The number of nitrogens with one attached hydrogen (secondary N) is 1. The van der Waals surface area contributed by atoms with Crippen molar-refractivity contribution in [2.75, 3.05) is 0 Å². The molecule has 1 aromatic carbocycles. The lowest BCUT2D eigenvalue weighted by Gasteiger charge is -2.06. The van der Waals surface area contributed by atoms with Crippen LogP contribution in [0.25, 0.3) is 16.8 Å². The average molecular weight is 447 g/mol. The Bertz CT molecular complexity index is 1290. The molecule has 0 fully saturated rings. The molecular weight excluding hydrogens is 428 g/mol. The van der Waals surface area contributed by atoms with Crippen molar-refractivity contribution in [3.05, 3.63) is 95.5 Å². The summed E-state index contributed by atoms with van der Waals surface area (Å²) in [5.74, 6) is 1.53. The van der Waals surface area contributed by atoms with Gasteiger partial charge in [-0.05, 0) is 35.2 Å². The molecule has 8 heteroatoms. The van der Waals surface area contributed by atoms with E-state index < -0.39 is 0 Å². The molecule has 0 radical (unpaired) electrons. The third-order valence-electron chi connectivity index (χ3n) is 4.76. The molecule has 0 aliphatic heterocycles. The van der Waals surface area contributed by atoms with Crippen molar-refractivity contribution in [1.29, 1.82) is 0 Å². The summed E-state index contributed by atoms with van der Waals surface area (Å²) in [5.41, 5.74) is 2.54. The van der Waals surface area contributed by atoms with Crippen molar-refractivity contribution in [3.63, 3.8) is 0 Å². The zero-order valence-corrected chi connectivity index (χ0v) is 18.0. The smallest absolute Gasteiger partial charge is 0.287 e. The second kappa shape index (κ2) is 8.79. The number of hydrogen-bond acceptors (Lipinski definition) is 6. The van der Waals surface area contributed by atoms with Crippen molar-refractivity contribution < 1.29 is 9.21 Å². The summed E-state index contributed by atoms with van der Waals surface area (Å²) in [5, 5.41) is 10.2. The molecule has 1 amide bonds. The van der Waals surface area contributed by atoms with E-state index in [9.17, 15) is 4.79 Å². The number of pyridine rings is 1. The normalized spacial score (nSPS) is 11.1. The van der Waals surface area contributed by atoms with E-state index in [1.54, 1.807) is 40.2 Å². The fraction of sp³-hybridized carbons (Fsp3) is 0.0870. The van der Waals surface area contributed by atoms with Crippen molar-refractivity contribution in [2.24, 2.45) is 0 Å². The maximum Gasteiger partial charge on any atom is 0.287 e. The molecule has 0 saturated heterocycles. The first-order valence-corrected chi connectivity index (χ1v) is 11.5. The van der Waals surface area contributed by atoms with Crippen LogP contribution in [0.2, 0.25) is 0 Å². The number of benzene rings is 1. The van der Waals surface area contributed by atoms with Crippen LogP contribution in [0.15, 0.2) is 87.2 Å². The summed E-state index contributed by atoms with van der Waals surface area (Å²) in [6.45, 7) is 0.361. The summed E-state index contributed by atoms with van der Waals surface area (Å²) in [6, 6.07) is 17.5.